The Kier molecular flexibility index (Phi) is 6.16. The number of fused-ring (bicyclic) bond motifs is 1. The molecule has 0 aliphatic heterocycles. The van der Waals surface area contributed by atoms with Gasteiger partial charge in [-0.05, 0) is 24.1 Å². The number of amides is 1. The number of hydrogen-bond donors (Lipinski definition) is 2. The van der Waals surface area contributed by atoms with Gasteiger partial charge in [0.2, 0.25) is 15.9 Å². The number of aryl methyl sites for hydroxylation is 1. The van der Waals surface area contributed by atoms with Crippen LogP contribution in [0.2, 0.25) is 0 Å². The molecule has 0 saturated carbocycles. The number of carbonyl (C=O) groups excluding carboxylic acids is 1. The molecule has 2 N–H and O–H groups in total. The van der Waals surface area contributed by atoms with Crippen molar-refractivity contribution < 1.29 is 13.2 Å². The van der Waals surface area contributed by atoms with Gasteiger partial charge in [-0.15, -0.1) is 0 Å². The van der Waals surface area contributed by atoms with Crippen LogP contribution in [0.4, 0.5) is 0 Å². The van der Waals surface area contributed by atoms with Crippen molar-refractivity contribution in [2.75, 3.05) is 19.3 Å². The second-order valence-electron chi connectivity index (χ2n) is 6.97. The first-order valence-corrected chi connectivity index (χ1v) is 11.0. The van der Waals surface area contributed by atoms with Gasteiger partial charge in [-0.1, -0.05) is 48.0 Å². The second-order valence-corrected chi connectivity index (χ2v) is 8.95. The van der Waals surface area contributed by atoms with Crippen LogP contribution >= 0.6 is 0 Å². The number of hydrogen-bond acceptors (Lipinski definition) is 3. The molecule has 1 amide bonds. The molecule has 6 nitrogen and oxygen atoms in total. The van der Waals surface area contributed by atoms with Crippen LogP contribution in [0.1, 0.15) is 16.7 Å². The molecular formula is C21H25N3O3S. The number of aromatic nitrogens is 1. The van der Waals surface area contributed by atoms with Gasteiger partial charge in [0.25, 0.3) is 0 Å². The number of benzene rings is 2. The van der Waals surface area contributed by atoms with Crippen molar-refractivity contribution in [3.63, 3.8) is 0 Å². The van der Waals surface area contributed by atoms with E-state index in [-0.39, 0.29) is 32.0 Å². The van der Waals surface area contributed by atoms with Gasteiger partial charge >= 0.3 is 0 Å². The topological polar surface area (TPSA) is 82.3 Å². The van der Waals surface area contributed by atoms with E-state index in [4.69, 9.17) is 0 Å². The highest BCUT2D eigenvalue weighted by atomic mass is 32.2. The number of H-pyrrole nitrogens is 1. The Morgan fingerprint density at radius 1 is 1.11 bits per heavy atom. The third kappa shape index (κ3) is 5.21. The zero-order chi connectivity index (χ0) is 20.1. The summed E-state index contributed by atoms with van der Waals surface area (Å²) in [6.07, 6.45) is 3.28. The molecule has 0 bridgehead atoms. The first-order chi connectivity index (χ1) is 13.3. The van der Waals surface area contributed by atoms with Gasteiger partial charge in [-0.2, -0.15) is 4.31 Å². The first-order valence-electron chi connectivity index (χ1n) is 9.15. The monoisotopic (exact) mass is 399 g/mol. The predicted octanol–water partition coefficient (Wildman–Crippen LogP) is 2.60. The van der Waals surface area contributed by atoms with E-state index >= 15 is 0 Å². The first kappa shape index (κ1) is 20.1. The van der Waals surface area contributed by atoms with Gasteiger partial charge in [0.15, 0.2) is 0 Å². The van der Waals surface area contributed by atoms with Crippen LogP contribution < -0.4 is 5.32 Å². The third-order valence-electron chi connectivity index (χ3n) is 4.66. The van der Waals surface area contributed by atoms with Crippen molar-refractivity contribution >= 4 is 26.8 Å². The van der Waals surface area contributed by atoms with E-state index in [1.165, 1.54) is 10.6 Å². The van der Waals surface area contributed by atoms with E-state index < -0.39 is 10.0 Å². The number of carbonyl (C=O) groups is 1. The van der Waals surface area contributed by atoms with E-state index in [0.717, 1.165) is 27.6 Å². The molecule has 1 aromatic heterocycles. The third-order valence-corrected chi connectivity index (χ3v) is 5.91. The summed E-state index contributed by atoms with van der Waals surface area (Å²) in [5.41, 5.74) is 3.96. The second kappa shape index (κ2) is 8.58. The lowest BCUT2D eigenvalue weighted by Crippen LogP contribution is -2.38. The Morgan fingerprint density at radius 3 is 2.54 bits per heavy atom. The molecular weight excluding hydrogens is 374 g/mol. The Morgan fingerprint density at radius 2 is 1.82 bits per heavy atom. The molecule has 0 spiro atoms. The minimum Gasteiger partial charge on any atom is -0.361 e. The summed E-state index contributed by atoms with van der Waals surface area (Å²) in [5, 5.41) is 3.85. The van der Waals surface area contributed by atoms with E-state index in [0.29, 0.717) is 0 Å². The average molecular weight is 400 g/mol. The zero-order valence-electron chi connectivity index (χ0n) is 16.1. The van der Waals surface area contributed by atoms with Crippen LogP contribution in [0.15, 0.2) is 54.7 Å². The molecule has 1 heterocycles. The molecule has 0 saturated heterocycles. The summed E-state index contributed by atoms with van der Waals surface area (Å²) in [6, 6.07) is 15.6. The fourth-order valence-corrected chi connectivity index (χ4v) is 3.90. The summed E-state index contributed by atoms with van der Waals surface area (Å²) in [5.74, 6) is -0.131. The quantitative estimate of drug-likeness (QED) is 0.611. The molecule has 3 rings (SSSR count). The van der Waals surface area contributed by atoms with E-state index in [2.05, 4.69) is 10.3 Å². The van der Waals surface area contributed by atoms with E-state index in [9.17, 15) is 13.2 Å². The number of sulfonamides is 1. The lowest BCUT2D eigenvalue weighted by Gasteiger charge is -2.20. The fraction of sp³-hybridized carbons (Fsp3) is 0.286. The van der Waals surface area contributed by atoms with Crippen LogP contribution in [0.3, 0.4) is 0 Å². The van der Waals surface area contributed by atoms with Crippen molar-refractivity contribution in [2.24, 2.45) is 0 Å². The highest BCUT2D eigenvalue weighted by molar-refractivity contribution is 7.88. The summed E-state index contributed by atoms with van der Waals surface area (Å²) in [7, 11) is -3.37. The van der Waals surface area contributed by atoms with E-state index in [1.54, 1.807) is 0 Å². The van der Waals surface area contributed by atoms with Gasteiger partial charge in [0.1, 0.15) is 0 Å². The molecule has 0 radical (unpaired) electrons. The molecule has 3 aromatic rings. The molecule has 148 valence electrons. The highest BCUT2D eigenvalue weighted by Crippen LogP contribution is 2.18. The Labute approximate surface area is 165 Å². The largest absolute Gasteiger partial charge is 0.361 e. The number of aromatic amines is 1. The standard InChI is InChI=1S/C21H25N3O3S/c1-16-7-9-17(10-8-16)15-24(28(2,26)27)12-11-22-21(25)13-18-14-23-20-6-4-3-5-19(18)20/h3-10,14,23H,11-13,15H2,1-2H3,(H,22,25). The normalized spacial score (nSPS) is 11.8. The number of para-hydroxylation sites is 1. The molecule has 0 aliphatic rings. The molecule has 0 unspecified atom stereocenters. The van der Waals surface area contributed by atoms with Gasteiger partial charge < -0.3 is 10.3 Å². The summed E-state index contributed by atoms with van der Waals surface area (Å²) in [4.78, 5) is 15.4. The fourth-order valence-electron chi connectivity index (χ4n) is 3.09. The Hall–Kier alpha value is -2.64. The lowest BCUT2D eigenvalue weighted by atomic mass is 10.1. The molecule has 0 fully saturated rings. The maximum Gasteiger partial charge on any atom is 0.224 e. The Balaban J connectivity index is 1.56. The van der Waals surface area contributed by atoms with Crippen LogP contribution in [0.25, 0.3) is 10.9 Å². The van der Waals surface area contributed by atoms with E-state index in [1.807, 2.05) is 61.7 Å². The van der Waals surface area contributed by atoms with Crippen molar-refractivity contribution in [2.45, 2.75) is 19.9 Å². The zero-order valence-corrected chi connectivity index (χ0v) is 16.9. The van der Waals surface area contributed by atoms with Gasteiger partial charge in [-0.25, -0.2) is 8.42 Å². The van der Waals surface area contributed by atoms with Crippen molar-refractivity contribution in [1.29, 1.82) is 0 Å². The van der Waals surface area contributed by atoms with Crippen LogP contribution in [-0.2, 0) is 27.8 Å². The summed E-state index contributed by atoms with van der Waals surface area (Å²) in [6.45, 7) is 2.77. The molecule has 0 atom stereocenters. The van der Waals surface area contributed by atoms with Gasteiger partial charge in [-0.3, -0.25) is 4.79 Å². The smallest absolute Gasteiger partial charge is 0.224 e. The molecule has 28 heavy (non-hydrogen) atoms. The maximum absolute atomic E-state index is 12.3. The van der Waals surface area contributed by atoms with Crippen LogP contribution in [-0.4, -0.2) is 43.0 Å². The molecule has 0 aliphatic carbocycles. The average Bonchev–Trinajstić information content (AvgIpc) is 3.05. The number of nitrogens with zero attached hydrogens (tertiary/aromatic N) is 1. The van der Waals surface area contributed by atoms with Gasteiger partial charge in [0, 0.05) is 36.7 Å². The minimum absolute atomic E-state index is 0.131. The number of rotatable bonds is 8. The molecule has 2 aromatic carbocycles. The predicted molar refractivity (Wildman–Crippen MR) is 111 cm³/mol. The number of nitrogens with one attached hydrogen (secondary N) is 2. The van der Waals surface area contributed by atoms with Crippen LogP contribution in [0, 0.1) is 6.92 Å². The minimum atomic E-state index is -3.37. The highest BCUT2D eigenvalue weighted by Gasteiger charge is 2.17. The lowest BCUT2D eigenvalue weighted by molar-refractivity contribution is -0.120. The Bertz CT molecular complexity index is 1060. The molecule has 7 heteroatoms. The maximum atomic E-state index is 12.3. The van der Waals surface area contributed by atoms with Gasteiger partial charge in [0.05, 0.1) is 12.7 Å². The van der Waals surface area contributed by atoms with Crippen molar-refractivity contribution in [3.05, 3.63) is 71.4 Å². The summed E-state index contributed by atoms with van der Waals surface area (Å²) < 4.78 is 25.6. The van der Waals surface area contributed by atoms with Crippen molar-refractivity contribution in [1.82, 2.24) is 14.6 Å². The SMILES string of the molecule is Cc1ccc(CN(CCNC(=O)Cc2c[nH]c3ccccc23)S(C)(=O)=O)cc1. The van der Waals surface area contributed by atoms with Crippen molar-refractivity contribution in [3.8, 4) is 0 Å². The van der Waals surface area contributed by atoms with Crippen LogP contribution in [0.5, 0.6) is 0 Å². The summed E-state index contributed by atoms with van der Waals surface area (Å²) >= 11 is 0.